The molecule has 0 spiro atoms. The summed E-state index contributed by atoms with van der Waals surface area (Å²) < 4.78 is 0.931. The summed E-state index contributed by atoms with van der Waals surface area (Å²) in [6.45, 7) is 0. The highest BCUT2D eigenvalue weighted by Gasteiger charge is 1.90. The molecule has 0 radical (unpaired) electrons. The fourth-order valence-electron chi connectivity index (χ4n) is 0.183. The molecule has 0 heterocycles. The normalized spacial score (nSPS) is 7.70. The van der Waals surface area contributed by atoms with Crippen LogP contribution in [0.4, 0.5) is 0 Å². The van der Waals surface area contributed by atoms with E-state index in [9.17, 15) is 0 Å². The van der Waals surface area contributed by atoms with E-state index in [-0.39, 0.29) is 0 Å². The molecular weight excluding hydrogens is 164 g/mol. The van der Waals surface area contributed by atoms with Crippen molar-refractivity contribution in [1.29, 1.82) is 0 Å². The summed E-state index contributed by atoms with van der Waals surface area (Å²) in [7, 11) is 7.64. The van der Waals surface area contributed by atoms with Crippen LogP contribution < -0.4 is 5.32 Å². The molecule has 10 heavy (non-hydrogen) atoms. The Morgan fingerprint density at radius 2 is 1.70 bits per heavy atom. The molecule has 0 saturated carbocycles. The van der Waals surface area contributed by atoms with Crippen molar-refractivity contribution in [3.05, 3.63) is 0 Å². The summed E-state index contributed by atoms with van der Waals surface area (Å²) >= 11 is 6.46. The highest BCUT2D eigenvalue weighted by atomic mass is 32.2. The van der Waals surface area contributed by atoms with Gasteiger partial charge in [0.2, 0.25) is 0 Å². The van der Waals surface area contributed by atoms with Gasteiger partial charge in [0.25, 0.3) is 0 Å². The molecule has 0 aromatic heterocycles. The van der Waals surface area contributed by atoms with Crippen LogP contribution >= 0.6 is 24.0 Å². The Hall–Kier alpha value is 0.200. The molecule has 0 rings (SSSR count). The molecule has 0 aromatic carbocycles. The molecule has 0 saturated heterocycles. The van der Waals surface area contributed by atoms with Crippen LogP contribution in [0.25, 0.3) is 0 Å². The van der Waals surface area contributed by atoms with Gasteiger partial charge in [-0.3, -0.25) is 0 Å². The molecule has 0 bridgehead atoms. The summed E-state index contributed by atoms with van der Waals surface area (Å²) in [6, 6.07) is 0. The Bertz CT molecular complexity index is 83.8. The van der Waals surface area contributed by atoms with E-state index >= 15 is 0 Å². The van der Waals surface area contributed by atoms with E-state index in [1.807, 2.05) is 39.3 Å². The zero-order valence-electron chi connectivity index (χ0n) is 7.26. The van der Waals surface area contributed by atoms with Crippen LogP contribution in [0.3, 0.4) is 0 Å². The van der Waals surface area contributed by atoms with Crippen molar-refractivity contribution >= 4 is 28.3 Å². The number of hydrogen-bond acceptors (Lipinski definition) is 3. The molecule has 2 nitrogen and oxygen atoms in total. The zero-order valence-corrected chi connectivity index (χ0v) is 8.90. The molecule has 4 heteroatoms. The molecular formula is C6H16N2S2. The number of nitrogens with one attached hydrogen (secondary N) is 1. The fraction of sp³-hybridized carbons (Fsp3) is 0.833. The second-order valence-electron chi connectivity index (χ2n) is 1.86. The van der Waals surface area contributed by atoms with Gasteiger partial charge >= 0.3 is 0 Å². The van der Waals surface area contributed by atoms with Crippen LogP contribution in [0, 0.1) is 0 Å². The van der Waals surface area contributed by atoms with E-state index in [1.165, 1.54) is 0 Å². The maximum absolute atomic E-state index is 4.87. The van der Waals surface area contributed by atoms with Crippen LogP contribution in [0.1, 0.15) is 0 Å². The van der Waals surface area contributed by atoms with Gasteiger partial charge in [0.05, 0.1) is 0 Å². The molecule has 0 aromatic rings. The van der Waals surface area contributed by atoms with Crippen molar-refractivity contribution in [2.75, 3.05) is 34.4 Å². The van der Waals surface area contributed by atoms with Crippen molar-refractivity contribution in [3.8, 4) is 0 Å². The van der Waals surface area contributed by atoms with E-state index in [4.69, 9.17) is 12.2 Å². The summed E-state index contributed by atoms with van der Waals surface area (Å²) in [4.78, 5) is 1.92. The average molecular weight is 180 g/mol. The first-order valence-electron chi connectivity index (χ1n) is 2.93. The zero-order chi connectivity index (χ0) is 8.57. The third-order valence-corrected chi connectivity index (χ3v) is 2.12. The predicted octanol–water partition coefficient (Wildman–Crippen LogP) is 1.03. The van der Waals surface area contributed by atoms with E-state index in [1.54, 1.807) is 11.8 Å². The lowest BCUT2D eigenvalue weighted by Gasteiger charge is -2.08. The highest BCUT2D eigenvalue weighted by molar-refractivity contribution is 8.22. The Balaban J connectivity index is 0. The predicted molar refractivity (Wildman–Crippen MR) is 54.8 cm³/mol. The number of nitrogens with zero attached hydrogens (tertiary/aromatic N) is 1. The van der Waals surface area contributed by atoms with Gasteiger partial charge in [0.15, 0.2) is 0 Å². The maximum Gasteiger partial charge on any atom is 0.135 e. The van der Waals surface area contributed by atoms with Crippen molar-refractivity contribution in [2.24, 2.45) is 0 Å². The van der Waals surface area contributed by atoms with Crippen LogP contribution in [0.15, 0.2) is 0 Å². The summed E-state index contributed by atoms with van der Waals surface area (Å²) in [5, 5.41) is 2.75. The lowest BCUT2D eigenvalue weighted by molar-refractivity contribution is 0.648. The van der Waals surface area contributed by atoms with E-state index in [0.717, 1.165) is 4.32 Å². The topological polar surface area (TPSA) is 15.3 Å². The lowest BCUT2D eigenvalue weighted by Crippen LogP contribution is -2.15. The molecule has 0 aliphatic heterocycles. The monoisotopic (exact) mass is 180 g/mol. The SMILES string of the molecule is CNC.CSC(=S)N(C)C. The Morgan fingerprint density at radius 3 is 1.70 bits per heavy atom. The molecule has 0 unspecified atom stereocenters. The number of rotatable bonds is 0. The average Bonchev–Trinajstić information content (AvgIpc) is 1.88. The fourth-order valence-corrected chi connectivity index (χ4v) is 0.548. The van der Waals surface area contributed by atoms with Gasteiger partial charge in [0.1, 0.15) is 4.32 Å². The standard InChI is InChI=1S/C4H9NS2.C2H7N/c1-5(2)4(6)7-3;1-3-2/h1-3H3;3H,1-2H3. The third-order valence-electron chi connectivity index (χ3n) is 0.540. The first-order chi connectivity index (χ1) is 4.59. The van der Waals surface area contributed by atoms with Gasteiger partial charge in [-0.25, -0.2) is 0 Å². The first kappa shape index (κ1) is 12.8. The van der Waals surface area contributed by atoms with E-state index in [0.29, 0.717) is 0 Å². The van der Waals surface area contributed by atoms with Crippen LogP contribution in [-0.2, 0) is 0 Å². The van der Waals surface area contributed by atoms with Crippen LogP contribution in [0.2, 0.25) is 0 Å². The second kappa shape index (κ2) is 9.20. The summed E-state index contributed by atoms with van der Waals surface area (Å²) in [5.41, 5.74) is 0. The van der Waals surface area contributed by atoms with Gasteiger partial charge < -0.3 is 10.2 Å². The molecule has 0 fully saturated rings. The van der Waals surface area contributed by atoms with E-state index in [2.05, 4.69) is 5.32 Å². The molecule has 0 atom stereocenters. The van der Waals surface area contributed by atoms with Crippen molar-refractivity contribution in [3.63, 3.8) is 0 Å². The van der Waals surface area contributed by atoms with Crippen molar-refractivity contribution < 1.29 is 0 Å². The summed E-state index contributed by atoms with van der Waals surface area (Å²) in [5.74, 6) is 0. The van der Waals surface area contributed by atoms with E-state index < -0.39 is 0 Å². The van der Waals surface area contributed by atoms with Crippen molar-refractivity contribution in [2.45, 2.75) is 0 Å². The van der Waals surface area contributed by atoms with Crippen molar-refractivity contribution in [1.82, 2.24) is 10.2 Å². The van der Waals surface area contributed by atoms with Gasteiger partial charge in [-0.2, -0.15) is 0 Å². The third kappa shape index (κ3) is 11.1. The number of thiocarbonyl (C=S) groups is 1. The molecule has 62 valence electrons. The Labute approximate surface area is 73.4 Å². The highest BCUT2D eigenvalue weighted by Crippen LogP contribution is 1.98. The smallest absolute Gasteiger partial charge is 0.135 e. The molecule has 0 amide bonds. The largest absolute Gasteiger partial charge is 0.364 e. The minimum atomic E-state index is 0.931. The van der Waals surface area contributed by atoms with Gasteiger partial charge in [-0.05, 0) is 20.4 Å². The molecule has 1 N–H and O–H groups in total. The minimum absolute atomic E-state index is 0.931. The maximum atomic E-state index is 4.87. The molecule has 0 aliphatic rings. The van der Waals surface area contributed by atoms with Crippen LogP contribution in [0.5, 0.6) is 0 Å². The molecule has 0 aliphatic carbocycles. The Kier molecular flexibility index (Phi) is 11.8. The minimum Gasteiger partial charge on any atom is -0.364 e. The van der Waals surface area contributed by atoms with Gasteiger partial charge in [0, 0.05) is 14.1 Å². The first-order valence-corrected chi connectivity index (χ1v) is 4.57. The quantitative estimate of drug-likeness (QED) is 0.560. The van der Waals surface area contributed by atoms with Gasteiger partial charge in [-0.15, -0.1) is 11.8 Å². The van der Waals surface area contributed by atoms with Crippen LogP contribution in [-0.4, -0.2) is 43.7 Å². The number of thioether (sulfide) groups is 1. The summed E-state index contributed by atoms with van der Waals surface area (Å²) in [6.07, 6.45) is 1.97. The lowest BCUT2D eigenvalue weighted by atomic mass is 11.0. The Morgan fingerprint density at radius 1 is 1.40 bits per heavy atom. The number of hydrogen-bond donors (Lipinski definition) is 1. The van der Waals surface area contributed by atoms with Gasteiger partial charge in [-0.1, -0.05) is 12.2 Å². The second-order valence-corrected chi connectivity index (χ2v) is 3.30.